The number of nitrogens with two attached hydrogens (primary N) is 1. The van der Waals surface area contributed by atoms with Crippen LogP contribution >= 0.6 is 12.2 Å². The molecule has 0 bridgehead atoms. The smallest absolute Gasteiger partial charge is 0.244 e. The van der Waals surface area contributed by atoms with E-state index in [9.17, 15) is 4.79 Å². The Kier molecular flexibility index (Phi) is 5.12. The summed E-state index contributed by atoms with van der Waals surface area (Å²) in [5, 5.41) is 3.16. The van der Waals surface area contributed by atoms with Crippen molar-refractivity contribution in [2.75, 3.05) is 18.4 Å². The summed E-state index contributed by atoms with van der Waals surface area (Å²) in [7, 11) is 0. The number of thiocarbonyl (C=S) groups is 1. The Morgan fingerprint density at radius 3 is 2.67 bits per heavy atom. The molecule has 0 radical (unpaired) electrons. The zero-order valence-corrected chi connectivity index (χ0v) is 13.4. The molecule has 1 aromatic rings. The van der Waals surface area contributed by atoms with Crippen LogP contribution in [-0.4, -0.2) is 39.9 Å². The maximum atomic E-state index is 12.4. The normalized spacial score (nSPS) is 16.4. The highest BCUT2D eigenvalue weighted by atomic mass is 32.1. The summed E-state index contributed by atoms with van der Waals surface area (Å²) in [4.78, 5) is 19.0. The number of aromatic nitrogens is 1. The van der Waals surface area contributed by atoms with Crippen LogP contribution in [0.2, 0.25) is 0 Å². The first-order chi connectivity index (χ1) is 9.99. The van der Waals surface area contributed by atoms with Crippen LogP contribution < -0.4 is 11.1 Å². The highest BCUT2D eigenvalue weighted by Crippen LogP contribution is 2.16. The van der Waals surface area contributed by atoms with Gasteiger partial charge in [-0.1, -0.05) is 12.2 Å². The summed E-state index contributed by atoms with van der Waals surface area (Å²) in [5.74, 6) is 0.687. The topological polar surface area (TPSA) is 71.2 Å². The number of hydrogen-bond acceptors (Lipinski definition) is 4. The molecule has 0 spiro atoms. The third-order valence-electron chi connectivity index (χ3n) is 3.69. The van der Waals surface area contributed by atoms with E-state index in [1.807, 2.05) is 30.9 Å². The monoisotopic (exact) mass is 306 g/mol. The lowest BCUT2D eigenvalue weighted by atomic mass is 10.1. The Balaban J connectivity index is 2.11. The maximum absolute atomic E-state index is 12.4. The first kappa shape index (κ1) is 15.7. The number of amides is 1. The first-order valence-electron chi connectivity index (χ1n) is 7.32. The van der Waals surface area contributed by atoms with E-state index in [1.54, 1.807) is 0 Å². The second kappa shape index (κ2) is 6.85. The van der Waals surface area contributed by atoms with Crippen LogP contribution in [0.5, 0.6) is 0 Å². The molecular weight excluding hydrogens is 284 g/mol. The average molecular weight is 306 g/mol. The molecule has 1 unspecified atom stereocenters. The van der Waals surface area contributed by atoms with E-state index in [0.717, 1.165) is 31.6 Å². The van der Waals surface area contributed by atoms with Crippen molar-refractivity contribution in [3.8, 4) is 0 Å². The Hall–Kier alpha value is -1.69. The number of piperidine rings is 1. The second-order valence-electron chi connectivity index (χ2n) is 5.47. The molecule has 1 saturated heterocycles. The number of nitrogens with zero attached hydrogens (tertiary/aromatic N) is 2. The summed E-state index contributed by atoms with van der Waals surface area (Å²) < 4.78 is 0. The van der Waals surface area contributed by atoms with Crippen molar-refractivity contribution >= 4 is 28.9 Å². The summed E-state index contributed by atoms with van der Waals surface area (Å²) in [6.07, 6.45) is 3.37. The number of anilines is 1. The molecule has 2 rings (SSSR count). The van der Waals surface area contributed by atoms with Crippen molar-refractivity contribution in [3.05, 3.63) is 23.4 Å². The molecule has 2 heterocycles. The number of carbonyl (C=O) groups excluding carboxylic acids is 1. The van der Waals surface area contributed by atoms with E-state index >= 15 is 0 Å². The molecule has 0 aliphatic carbocycles. The van der Waals surface area contributed by atoms with E-state index < -0.39 is 0 Å². The fourth-order valence-corrected chi connectivity index (χ4v) is 2.69. The number of carbonyl (C=O) groups is 1. The Bertz CT molecular complexity index is 540. The molecule has 21 heavy (non-hydrogen) atoms. The second-order valence-corrected chi connectivity index (χ2v) is 5.90. The number of rotatable bonds is 4. The largest absolute Gasteiger partial charge is 0.389 e. The van der Waals surface area contributed by atoms with Gasteiger partial charge in [-0.25, -0.2) is 4.98 Å². The third-order valence-corrected chi connectivity index (χ3v) is 3.91. The number of nitrogens with one attached hydrogen (secondary N) is 1. The maximum Gasteiger partial charge on any atom is 0.244 e. The van der Waals surface area contributed by atoms with Crippen LogP contribution in [0.15, 0.2) is 12.1 Å². The van der Waals surface area contributed by atoms with Crippen molar-refractivity contribution < 1.29 is 4.79 Å². The number of aryl methyl sites for hydroxylation is 1. The predicted octanol–water partition coefficient (Wildman–Crippen LogP) is 1.84. The molecule has 1 atom stereocenters. The molecular formula is C15H22N4OS. The molecule has 1 aliphatic rings. The van der Waals surface area contributed by atoms with Crippen LogP contribution in [-0.2, 0) is 4.79 Å². The number of hydrogen-bond donors (Lipinski definition) is 2. The van der Waals surface area contributed by atoms with Crippen molar-refractivity contribution in [2.24, 2.45) is 5.73 Å². The SMILES string of the molecule is Cc1ccc(C(N)=S)c(NC(C)C(=O)N2CCCCC2)n1. The lowest BCUT2D eigenvalue weighted by Crippen LogP contribution is -2.44. The number of pyridine rings is 1. The zero-order chi connectivity index (χ0) is 15.4. The van der Waals surface area contributed by atoms with Gasteiger partial charge in [0.25, 0.3) is 0 Å². The van der Waals surface area contributed by atoms with Gasteiger partial charge in [0.05, 0.1) is 5.56 Å². The minimum absolute atomic E-state index is 0.104. The van der Waals surface area contributed by atoms with Crippen LogP contribution in [0, 0.1) is 6.92 Å². The number of likely N-dealkylation sites (tertiary alicyclic amines) is 1. The zero-order valence-electron chi connectivity index (χ0n) is 12.6. The molecule has 0 saturated carbocycles. The standard InChI is InChI=1S/C15H22N4OS/c1-10-6-7-12(13(16)21)14(17-10)18-11(2)15(20)19-8-4-3-5-9-19/h6-7,11H,3-5,8-9H2,1-2H3,(H2,16,21)(H,17,18). The van der Waals surface area contributed by atoms with E-state index in [-0.39, 0.29) is 16.9 Å². The quantitative estimate of drug-likeness (QED) is 0.831. The molecule has 114 valence electrons. The fourth-order valence-electron chi connectivity index (χ4n) is 2.52. The molecule has 0 aromatic carbocycles. The Morgan fingerprint density at radius 1 is 1.38 bits per heavy atom. The van der Waals surface area contributed by atoms with E-state index in [1.165, 1.54) is 6.42 Å². The van der Waals surface area contributed by atoms with Crippen LogP contribution in [0.3, 0.4) is 0 Å². The van der Waals surface area contributed by atoms with Crippen molar-refractivity contribution in [2.45, 2.75) is 39.2 Å². The van der Waals surface area contributed by atoms with E-state index in [4.69, 9.17) is 18.0 Å². The summed E-state index contributed by atoms with van der Waals surface area (Å²) in [5.41, 5.74) is 7.25. The van der Waals surface area contributed by atoms with Gasteiger partial charge < -0.3 is 16.0 Å². The summed E-state index contributed by atoms with van der Waals surface area (Å²) in [6, 6.07) is 3.35. The summed E-state index contributed by atoms with van der Waals surface area (Å²) >= 11 is 5.04. The van der Waals surface area contributed by atoms with Gasteiger partial charge in [0, 0.05) is 18.8 Å². The first-order valence-corrected chi connectivity index (χ1v) is 7.72. The van der Waals surface area contributed by atoms with Gasteiger partial charge in [-0.2, -0.15) is 0 Å². The highest BCUT2D eigenvalue weighted by Gasteiger charge is 2.23. The van der Waals surface area contributed by atoms with E-state index in [0.29, 0.717) is 11.4 Å². The lowest BCUT2D eigenvalue weighted by Gasteiger charge is -2.29. The molecule has 1 aliphatic heterocycles. The molecule has 1 aromatic heterocycles. The minimum atomic E-state index is -0.342. The third kappa shape index (κ3) is 3.91. The summed E-state index contributed by atoms with van der Waals surface area (Å²) in [6.45, 7) is 5.43. The lowest BCUT2D eigenvalue weighted by molar-refractivity contribution is -0.132. The molecule has 5 nitrogen and oxygen atoms in total. The van der Waals surface area contributed by atoms with Gasteiger partial charge in [-0.3, -0.25) is 4.79 Å². The predicted molar refractivity (Wildman–Crippen MR) is 88.4 cm³/mol. The fraction of sp³-hybridized carbons (Fsp3) is 0.533. The van der Waals surface area contributed by atoms with Gasteiger partial charge in [0.15, 0.2) is 0 Å². The van der Waals surface area contributed by atoms with Crippen molar-refractivity contribution in [1.82, 2.24) is 9.88 Å². The highest BCUT2D eigenvalue weighted by molar-refractivity contribution is 7.80. The van der Waals surface area contributed by atoms with Crippen LogP contribution in [0.4, 0.5) is 5.82 Å². The Morgan fingerprint density at radius 2 is 2.05 bits per heavy atom. The van der Waals surface area contributed by atoms with Gasteiger partial charge in [-0.05, 0) is 45.2 Å². The van der Waals surface area contributed by atoms with Gasteiger partial charge in [-0.15, -0.1) is 0 Å². The van der Waals surface area contributed by atoms with E-state index in [2.05, 4.69) is 10.3 Å². The van der Waals surface area contributed by atoms with Crippen LogP contribution in [0.25, 0.3) is 0 Å². The average Bonchev–Trinajstić information content (AvgIpc) is 2.47. The van der Waals surface area contributed by atoms with Gasteiger partial charge >= 0.3 is 0 Å². The minimum Gasteiger partial charge on any atom is -0.389 e. The molecule has 6 heteroatoms. The van der Waals surface area contributed by atoms with Gasteiger partial charge in [0.2, 0.25) is 5.91 Å². The van der Waals surface area contributed by atoms with Gasteiger partial charge in [0.1, 0.15) is 16.8 Å². The Labute approximate surface area is 130 Å². The van der Waals surface area contributed by atoms with Crippen LogP contribution in [0.1, 0.15) is 37.4 Å². The van der Waals surface area contributed by atoms with Crippen molar-refractivity contribution in [1.29, 1.82) is 0 Å². The molecule has 1 amide bonds. The molecule has 3 N–H and O–H groups in total. The van der Waals surface area contributed by atoms with Crippen molar-refractivity contribution in [3.63, 3.8) is 0 Å². The molecule has 1 fully saturated rings.